The fourth-order valence-electron chi connectivity index (χ4n) is 2.12. The Balaban J connectivity index is 1.93. The van der Waals surface area contributed by atoms with Crippen LogP contribution in [0.1, 0.15) is 27.0 Å². The van der Waals surface area contributed by atoms with E-state index >= 15 is 0 Å². The maximum absolute atomic E-state index is 11.8. The van der Waals surface area contributed by atoms with Gasteiger partial charge in [0.25, 0.3) is 5.91 Å². The minimum Gasteiger partial charge on any atom is -0.483 e. The summed E-state index contributed by atoms with van der Waals surface area (Å²) in [6.07, 6.45) is 1.39. The van der Waals surface area contributed by atoms with E-state index in [4.69, 9.17) is 9.47 Å². The van der Waals surface area contributed by atoms with Crippen LogP contribution in [0.3, 0.4) is 0 Å². The SMILES string of the molecule is COC(=O)c1ccccc1/C=N\NC(=O)COc1cc(C)ccc1C. The number of carbonyl (C=O) groups is 2. The van der Waals surface area contributed by atoms with Gasteiger partial charge < -0.3 is 9.47 Å². The summed E-state index contributed by atoms with van der Waals surface area (Å²) in [4.78, 5) is 23.5. The van der Waals surface area contributed by atoms with Crippen molar-refractivity contribution in [2.75, 3.05) is 13.7 Å². The van der Waals surface area contributed by atoms with Crippen molar-refractivity contribution in [1.29, 1.82) is 0 Å². The first kappa shape index (κ1) is 18.2. The molecule has 0 heterocycles. The summed E-state index contributed by atoms with van der Waals surface area (Å²) in [7, 11) is 1.31. The number of rotatable bonds is 6. The summed E-state index contributed by atoms with van der Waals surface area (Å²) in [5, 5.41) is 3.86. The van der Waals surface area contributed by atoms with E-state index in [9.17, 15) is 9.59 Å². The summed E-state index contributed by atoms with van der Waals surface area (Å²) in [6.45, 7) is 3.71. The largest absolute Gasteiger partial charge is 0.483 e. The monoisotopic (exact) mass is 340 g/mol. The molecule has 1 N–H and O–H groups in total. The van der Waals surface area contributed by atoms with Gasteiger partial charge in [0.15, 0.2) is 6.61 Å². The minimum atomic E-state index is -0.466. The maximum Gasteiger partial charge on any atom is 0.338 e. The molecule has 1 amide bonds. The van der Waals surface area contributed by atoms with Crippen LogP contribution < -0.4 is 10.2 Å². The van der Waals surface area contributed by atoms with Gasteiger partial charge in [-0.05, 0) is 37.1 Å². The zero-order chi connectivity index (χ0) is 18.2. The summed E-state index contributed by atoms with van der Waals surface area (Å²) in [6, 6.07) is 12.6. The fraction of sp³-hybridized carbons (Fsp3) is 0.211. The van der Waals surface area contributed by atoms with Gasteiger partial charge in [0.05, 0.1) is 18.9 Å². The van der Waals surface area contributed by atoms with Gasteiger partial charge in [0.2, 0.25) is 0 Å². The Kier molecular flexibility index (Phi) is 6.28. The van der Waals surface area contributed by atoms with Crippen molar-refractivity contribution in [3.05, 3.63) is 64.7 Å². The number of hydrogen-bond acceptors (Lipinski definition) is 5. The highest BCUT2D eigenvalue weighted by Crippen LogP contribution is 2.18. The maximum atomic E-state index is 11.8. The molecular weight excluding hydrogens is 320 g/mol. The van der Waals surface area contributed by atoms with Crippen LogP contribution in [0.4, 0.5) is 0 Å². The topological polar surface area (TPSA) is 77.0 Å². The van der Waals surface area contributed by atoms with Crippen molar-refractivity contribution in [1.82, 2.24) is 5.43 Å². The normalized spacial score (nSPS) is 10.5. The Morgan fingerprint density at radius 2 is 1.92 bits per heavy atom. The van der Waals surface area contributed by atoms with Crippen LogP contribution in [0.15, 0.2) is 47.6 Å². The van der Waals surface area contributed by atoms with E-state index in [2.05, 4.69) is 10.5 Å². The Morgan fingerprint density at radius 3 is 2.68 bits per heavy atom. The molecule has 2 aromatic carbocycles. The van der Waals surface area contributed by atoms with Gasteiger partial charge in [0, 0.05) is 5.56 Å². The molecule has 0 fully saturated rings. The lowest BCUT2D eigenvalue weighted by Crippen LogP contribution is -2.24. The van der Waals surface area contributed by atoms with E-state index in [0.717, 1.165) is 11.1 Å². The predicted molar refractivity (Wildman–Crippen MR) is 94.9 cm³/mol. The number of nitrogens with zero attached hydrogens (tertiary/aromatic N) is 1. The van der Waals surface area contributed by atoms with E-state index in [0.29, 0.717) is 16.9 Å². The number of ether oxygens (including phenoxy) is 2. The number of benzene rings is 2. The van der Waals surface area contributed by atoms with E-state index in [1.807, 2.05) is 32.0 Å². The van der Waals surface area contributed by atoms with E-state index in [1.165, 1.54) is 13.3 Å². The molecule has 0 aliphatic carbocycles. The van der Waals surface area contributed by atoms with Crippen molar-refractivity contribution in [3.63, 3.8) is 0 Å². The molecule has 2 rings (SSSR count). The van der Waals surface area contributed by atoms with Gasteiger partial charge in [-0.15, -0.1) is 0 Å². The number of methoxy groups -OCH3 is 1. The van der Waals surface area contributed by atoms with E-state index < -0.39 is 11.9 Å². The third kappa shape index (κ3) is 5.17. The molecule has 130 valence electrons. The van der Waals surface area contributed by atoms with Crippen LogP contribution in [0.5, 0.6) is 5.75 Å². The Bertz CT molecular complexity index is 800. The quantitative estimate of drug-likeness (QED) is 0.498. The predicted octanol–water partition coefficient (Wildman–Crippen LogP) is 2.62. The molecule has 0 aromatic heterocycles. The third-order valence-corrected chi connectivity index (χ3v) is 3.46. The zero-order valence-corrected chi connectivity index (χ0v) is 14.4. The highest BCUT2D eigenvalue weighted by molar-refractivity contribution is 5.99. The lowest BCUT2D eigenvalue weighted by Gasteiger charge is -2.09. The standard InChI is InChI=1S/C19H20N2O4/c1-13-8-9-14(2)17(10-13)25-12-18(22)21-20-11-15-6-4-5-7-16(15)19(23)24-3/h4-11H,12H2,1-3H3,(H,21,22)/b20-11-. The smallest absolute Gasteiger partial charge is 0.338 e. The molecule has 2 aromatic rings. The Morgan fingerprint density at radius 1 is 1.16 bits per heavy atom. The van der Waals surface area contributed by atoms with Gasteiger partial charge in [0.1, 0.15) is 5.75 Å². The molecule has 0 atom stereocenters. The molecule has 0 bridgehead atoms. The first-order valence-corrected chi connectivity index (χ1v) is 7.70. The summed E-state index contributed by atoms with van der Waals surface area (Å²) >= 11 is 0. The van der Waals surface area contributed by atoms with Gasteiger partial charge in [-0.1, -0.05) is 30.3 Å². The van der Waals surface area contributed by atoms with E-state index in [-0.39, 0.29) is 6.61 Å². The average molecular weight is 340 g/mol. The van der Waals surface area contributed by atoms with Crippen LogP contribution >= 0.6 is 0 Å². The van der Waals surface area contributed by atoms with Crippen molar-refractivity contribution in [2.45, 2.75) is 13.8 Å². The number of nitrogens with one attached hydrogen (secondary N) is 1. The van der Waals surface area contributed by atoms with Crippen LogP contribution in [0.25, 0.3) is 0 Å². The highest BCUT2D eigenvalue weighted by Gasteiger charge is 2.09. The number of amides is 1. The molecular formula is C19H20N2O4. The molecule has 6 heteroatoms. The van der Waals surface area contributed by atoms with Crippen LogP contribution in [0.2, 0.25) is 0 Å². The lowest BCUT2D eigenvalue weighted by atomic mass is 10.1. The Labute approximate surface area is 146 Å². The summed E-state index contributed by atoms with van der Waals surface area (Å²) in [5.74, 6) is -0.200. The van der Waals surface area contributed by atoms with Crippen LogP contribution in [-0.2, 0) is 9.53 Å². The molecule has 25 heavy (non-hydrogen) atoms. The fourth-order valence-corrected chi connectivity index (χ4v) is 2.12. The average Bonchev–Trinajstić information content (AvgIpc) is 2.62. The molecule has 0 unspecified atom stereocenters. The number of esters is 1. The summed E-state index contributed by atoms with van der Waals surface area (Å²) in [5.41, 5.74) is 5.30. The third-order valence-electron chi connectivity index (χ3n) is 3.46. The number of hydrogen-bond donors (Lipinski definition) is 1. The minimum absolute atomic E-state index is 0.152. The van der Waals surface area contributed by atoms with Gasteiger partial charge >= 0.3 is 5.97 Å². The second kappa shape index (κ2) is 8.63. The first-order chi connectivity index (χ1) is 12.0. The van der Waals surface area contributed by atoms with Crippen molar-refractivity contribution >= 4 is 18.1 Å². The zero-order valence-electron chi connectivity index (χ0n) is 14.4. The molecule has 0 saturated carbocycles. The van der Waals surface area contributed by atoms with Crippen molar-refractivity contribution < 1.29 is 19.1 Å². The van der Waals surface area contributed by atoms with E-state index in [1.54, 1.807) is 24.3 Å². The Hall–Kier alpha value is -3.15. The molecule has 0 saturated heterocycles. The number of aryl methyl sites for hydroxylation is 2. The van der Waals surface area contributed by atoms with Gasteiger partial charge in [-0.3, -0.25) is 4.79 Å². The van der Waals surface area contributed by atoms with Gasteiger partial charge in [-0.2, -0.15) is 5.10 Å². The van der Waals surface area contributed by atoms with Crippen LogP contribution in [0, 0.1) is 13.8 Å². The number of carbonyl (C=O) groups excluding carboxylic acids is 2. The van der Waals surface area contributed by atoms with Gasteiger partial charge in [-0.25, -0.2) is 10.2 Å². The second-order valence-corrected chi connectivity index (χ2v) is 5.43. The molecule has 6 nitrogen and oxygen atoms in total. The summed E-state index contributed by atoms with van der Waals surface area (Å²) < 4.78 is 10.2. The first-order valence-electron chi connectivity index (χ1n) is 7.70. The molecule has 0 radical (unpaired) electrons. The molecule has 0 aliphatic rings. The van der Waals surface area contributed by atoms with Crippen molar-refractivity contribution in [2.24, 2.45) is 5.10 Å². The highest BCUT2D eigenvalue weighted by atomic mass is 16.5. The molecule has 0 spiro atoms. The van der Waals surface area contributed by atoms with Crippen molar-refractivity contribution in [3.8, 4) is 5.75 Å². The number of hydrazone groups is 1. The van der Waals surface area contributed by atoms with Crippen LogP contribution in [-0.4, -0.2) is 31.8 Å². The molecule has 0 aliphatic heterocycles. The second-order valence-electron chi connectivity index (χ2n) is 5.43. The lowest BCUT2D eigenvalue weighted by molar-refractivity contribution is -0.123.